The summed E-state index contributed by atoms with van der Waals surface area (Å²) in [5.41, 5.74) is 6.45. The number of nitrogens with one attached hydrogen (secondary N) is 2. The van der Waals surface area contributed by atoms with Gasteiger partial charge in [0.2, 0.25) is 0 Å². The zero-order valence-electron chi connectivity index (χ0n) is 9.47. The monoisotopic (exact) mass is 234 g/mol. The van der Waals surface area contributed by atoms with Crippen LogP contribution in [-0.4, -0.2) is 26.3 Å². The topological polar surface area (TPSA) is 102 Å². The number of nitrogen functional groups attached to an aromatic ring is 1. The van der Waals surface area contributed by atoms with Gasteiger partial charge in [0.1, 0.15) is 5.69 Å². The Morgan fingerprint density at radius 2 is 2.41 bits per heavy atom. The van der Waals surface area contributed by atoms with Crippen LogP contribution in [0.25, 0.3) is 0 Å². The molecule has 0 unspecified atom stereocenters. The Labute approximate surface area is 97.7 Å². The lowest BCUT2D eigenvalue weighted by atomic mass is 10.4. The van der Waals surface area contributed by atoms with E-state index in [9.17, 15) is 4.79 Å². The average Bonchev–Trinajstić information content (AvgIpc) is 2.70. The molecule has 0 aliphatic heterocycles. The highest BCUT2D eigenvalue weighted by atomic mass is 16.1. The number of H-pyrrole nitrogens is 1. The van der Waals surface area contributed by atoms with Gasteiger partial charge >= 0.3 is 0 Å². The molecule has 2 aromatic rings. The maximum atomic E-state index is 11.2. The molecule has 0 radical (unpaired) electrons. The predicted molar refractivity (Wildman–Crippen MR) is 64.7 cm³/mol. The van der Waals surface area contributed by atoms with Crippen molar-refractivity contribution in [2.45, 2.75) is 13.5 Å². The number of hydrogen-bond acceptors (Lipinski definition) is 5. The lowest BCUT2D eigenvalue weighted by molar-refractivity contribution is 0.636. The number of aromatic nitrogens is 4. The van der Waals surface area contributed by atoms with Crippen LogP contribution in [-0.2, 0) is 6.54 Å². The second-order valence-corrected chi connectivity index (χ2v) is 3.70. The van der Waals surface area contributed by atoms with Crippen LogP contribution in [0.15, 0.2) is 23.5 Å². The zero-order valence-corrected chi connectivity index (χ0v) is 9.47. The van der Waals surface area contributed by atoms with E-state index in [1.54, 1.807) is 6.20 Å². The number of rotatable bonds is 4. The Balaban J connectivity index is 1.94. The van der Waals surface area contributed by atoms with Gasteiger partial charge in [-0.2, -0.15) is 5.10 Å². The number of aromatic amines is 1. The van der Waals surface area contributed by atoms with Gasteiger partial charge in [-0.3, -0.25) is 9.48 Å². The Kier molecular flexibility index (Phi) is 3.08. The third-order valence-electron chi connectivity index (χ3n) is 2.28. The fourth-order valence-corrected chi connectivity index (χ4v) is 1.43. The summed E-state index contributed by atoms with van der Waals surface area (Å²) in [6, 6.07) is 0. The van der Waals surface area contributed by atoms with Crippen LogP contribution in [0.5, 0.6) is 0 Å². The molecule has 7 heteroatoms. The van der Waals surface area contributed by atoms with Gasteiger partial charge in [-0.15, -0.1) is 0 Å². The van der Waals surface area contributed by atoms with E-state index in [0.717, 1.165) is 5.56 Å². The van der Waals surface area contributed by atoms with E-state index in [-0.39, 0.29) is 11.2 Å². The first kappa shape index (κ1) is 11.2. The fourth-order valence-electron chi connectivity index (χ4n) is 1.43. The molecule has 0 fully saturated rings. The zero-order chi connectivity index (χ0) is 12.3. The standard InChI is InChI=1S/C10H14N6O/c1-7-4-15-16(5-7)3-2-12-9-8(11)10(17)14-6-13-9/h4-6H,2-3,11H2,1H3,(H2,12,13,14,17). The molecule has 2 heterocycles. The Hall–Kier alpha value is -2.31. The predicted octanol–water partition coefficient (Wildman–Crippen LogP) is -0.0309. The minimum absolute atomic E-state index is 0.101. The fraction of sp³-hybridized carbons (Fsp3) is 0.300. The van der Waals surface area contributed by atoms with Gasteiger partial charge < -0.3 is 16.0 Å². The molecule has 2 rings (SSSR count). The molecular formula is C10H14N6O. The summed E-state index contributed by atoms with van der Waals surface area (Å²) < 4.78 is 1.81. The minimum atomic E-state index is -0.336. The Morgan fingerprint density at radius 1 is 1.59 bits per heavy atom. The minimum Gasteiger partial charge on any atom is -0.391 e. The van der Waals surface area contributed by atoms with Crippen molar-refractivity contribution in [1.82, 2.24) is 19.7 Å². The van der Waals surface area contributed by atoms with Crippen LogP contribution >= 0.6 is 0 Å². The maximum Gasteiger partial charge on any atom is 0.276 e. The number of hydrogen-bond donors (Lipinski definition) is 3. The molecule has 4 N–H and O–H groups in total. The summed E-state index contributed by atoms with van der Waals surface area (Å²) in [5.74, 6) is 0.401. The lowest BCUT2D eigenvalue weighted by Gasteiger charge is -2.06. The SMILES string of the molecule is Cc1cnn(CCNc2nc[nH]c(=O)c2N)c1. The van der Waals surface area contributed by atoms with E-state index in [1.807, 2.05) is 17.8 Å². The summed E-state index contributed by atoms with van der Waals surface area (Å²) in [6.07, 6.45) is 5.05. The second-order valence-electron chi connectivity index (χ2n) is 3.70. The smallest absolute Gasteiger partial charge is 0.276 e. The van der Waals surface area contributed by atoms with Gasteiger partial charge in [0.05, 0.1) is 19.1 Å². The molecule has 2 aromatic heterocycles. The van der Waals surface area contributed by atoms with Crippen molar-refractivity contribution in [3.8, 4) is 0 Å². The summed E-state index contributed by atoms with van der Waals surface area (Å²) in [5, 5.41) is 7.14. The van der Waals surface area contributed by atoms with Gasteiger partial charge in [0, 0.05) is 12.7 Å². The van der Waals surface area contributed by atoms with Gasteiger partial charge in [0.15, 0.2) is 5.82 Å². The normalized spacial score (nSPS) is 10.4. The van der Waals surface area contributed by atoms with E-state index in [0.29, 0.717) is 18.9 Å². The van der Waals surface area contributed by atoms with Crippen LogP contribution in [0, 0.1) is 6.92 Å². The maximum absolute atomic E-state index is 11.2. The summed E-state index contributed by atoms with van der Waals surface area (Å²) in [7, 11) is 0. The first-order valence-electron chi connectivity index (χ1n) is 5.23. The van der Waals surface area contributed by atoms with Gasteiger partial charge in [-0.05, 0) is 12.5 Å². The molecule has 0 bridgehead atoms. The van der Waals surface area contributed by atoms with Crippen molar-refractivity contribution in [3.05, 3.63) is 34.6 Å². The van der Waals surface area contributed by atoms with Crippen molar-refractivity contribution in [2.24, 2.45) is 0 Å². The number of anilines is 2. The van der Waals surface area contributed by atoms with E-state index in [2.05, 4.69) is 20.4 Å². The summed E-state index contributed by atoms with van der Waals surface area (Å²) >= 11 is 0. The van der Waals surface area contributed by atoms with E-state index in [4.69, 9.17) is 5.73 Å². The Morgan fingerprint density at radius 3 is 3.12 bits per heavy atom. The Bertz CT molecular complexity index is 558. The summed E-state index contributed by atoms with van der Waals surface area (Å²) in [4.78, 5) is 17.6. The molecule has 0 aliphatic rings. The third kappa shape index (κ3) is 2.63. The summed E-state index contributed by atoms with van der Waals surface area (Å²) in [6.45, 7) is 3.26. The molecule has 0 aromatic carbocycles. The second kappa shape index (κ2) is 4.69. The number of nitrogens with zero attached hydrogens (tertiary/aromatic N) is 3. The van der Waals surface area contributed by atoms with Crippen LogP contribution < -0.4 is 16.6 Å². The molecule has 90 valence electrons. The largest absolute Gasteiger partial charge is 0.391 e. The van der Waals surface area contributed by atoms with Crippen molar-refractivity contribution in [1.29, 1.82) is 0 Å². The number of nitrogens with two attached hydrogens (primary N) is 1. The average molecular weight is 234 g/mol. The first-order chi connectivity index (χ1) is 8.16. The molecule has 7 nitrogen and oxygen atoms in total. The molecule has 0 aliphatic carbocycles. The molecule has 0 spiro atoms. The van der Waals surface area contributed by atoms with Crippen molar-refractivity contribution < 1.29 is 0 Å². The molecule has 0 saturated heterocycles. The molecule has 17 heavy (non-hydrogen) atoms. The third-order valence-corrected chi connectivity index (χ3v) is 2.28. The van der Waals surface area contributed by atoms with E-state index in [1.165, 1.54) is 6.33 Å². The van der Waals surface area contributed by atoms with Gasteiger partial charge in [-0.25, -0.2) is 4.98 Å². The highest BCUT2D eigenvalue weighted by molar-refractivity contribution is 5.58. The van der Waals surface area contributed by atoms with Gasteiger partial charge in [0.25, 0.3) is 5.56 Å². The van der Waals surface area contributed by atoms with Crippen LogP contribution in [0.3, 0.4) is 0 Å². The van der Waals surface area contributed by atoms with Crippen molar-refractivity contribution >= 4 is 11.5 Å². The van der Waals surface area contributed by atoms with Crippen molar-refractivity contribution in [3.63, 3.8) is 0 Å². The molecular weight excluding hydrogens is 220 g/mol. The molecule has 0 atom stereocenters. The molecule has 0 saturated carbocycles. The highest BCUT2D eigenvalue weighted by Crippen LogP contribution is 2.06. The van der Waals surface area contributed by atoms with E-state index < -0.39 is 0 Å². The van der Waals surface area contributed by atoms with Crippen LogP contribution in [0.2, 0.25) is 0 Å². The highest BCUT2D eigenvalue weighted by Gasteiger charge is 2.03. The van der Waals surface area contributed by atoms with E-state index >= 15 is 0 Å². The number of aryl methyl sites for hydroxylation is 1. The van der Waals surface area contributed by atoms with Crippen LogP contribution in [0.1, 0.15) is 5.56 Å². The van der Waals surface area contributed by atoms with Crippen molar-refractivity contribution in [2.75, 3.05) is 17.6 Å². The quantitative estimate of drug-likeness (QED) is 0.689. The first-order valence-corrected chi connectivity index (χ1v) is 5.23. The molecule has 0 amide bonds. The van der Waals surface area contributed by atoms with Crippen LogP contribution in [0.4, 0.5) is 11.5 Å². The van der Waals surface area contributed by atoms with Gasteiger partial charge in [-0.1, -0.05) is 0 Å². The lowest BCUT2D eigenvalue weighted by Crippen LogP contribution is -2.18.